The van der Waals surface area contributed by atoms with Crippen LogP contribution in [0.25, 0.3) is 0 Å². The number of hydrogen-bond donors (Lipinski definition) is 1. The fourth-order valence-electron chi connectivity index (χ4n) is 5.56. The number of benzene rings is 1. The number of nitrogens with zero attached hydrogens (tertiary/aromatic N) is 1. The minimum absolute atomic E-state index is 0.0148. The quantitative estimate of drug-likeness (QED) is 0.337. The summed E-state index contributed by atoms with van der Waals surface area (Å²) in [5.74, 6) is -6.97. The van der Waals surface area contributed by atoms with Crippen LogP contribution in [-0.4, -0.2) is 46.6 Å². The second-order valence-corrected chi connectivity index (χ2v) is 9.44. The van der Waals surface area contributed by atoms with Crippen LogP contribution in [0.1, 0.15) is 24.3 Å². The number of amides is 3. The number of ether oxygens (including phenoxy) is 1. The Morgan fingerprint density at radius 2 is 1.91 bits per heavy atom. The number of imide groups is 3. The Labute approximate surface area is 200 Å². The van der Waals surface area contributed by atoms with Gasteiger partial charge < -0.3 is 9.84 Å². The van der Waals surface area contributed by atoms with Gasteiger partial charge >= 0.3 is 6.09 Å². The number of phenolic OH excluding ortho intramolecular Hbond substituents is 1. The number of likely N-dealkylation sites (tertiary alicyclic amines) is 1. The third kappa shape index (κ3) is 3.04. The Morgan fingerprint density at radius 1 is 1.18 bits per heavy atom. The monoisotopic (exact) mass is 529 g/mol. The molecule has 4 unspecified atom stereocenters. The normalized spacial score (nSPS) is 28.3. The van der Waals surface area contributed by atoms with Gasteiger partial charge in [-0.25, -0.2) is 9.18 Å². The fourth-order valence-corrected chi connectivity index (χ4v) is 6.01. The molecule has 1 N–H and O–H groups in total. The second-order valence-electron chi connectivity index (χ2n) is 8.59. The minimum Gasteiger partial charge on any atom is -0.505 e. The fraction of sp³-hybridized carbons (Fsp3) is 0.292. The van der Waals surface area contributed by atoms with Gasteiger partial charge in [-0.3, -0.25) is 19.2 Å². The minimum atomic E-state index is -1.08. The number of halogens is 2. The largest absolute Gasteiger partial charge is 0.505 e. The molecule has 0 aromatic heterocycles. The van der Waals surface area contributed by atoms with Crippen LogP contribution >= 0.6 is 15.9 Å². The number of rotatable bonds is 1. The van der Waals surface area contributed by atoms with Gasteiger partial charge in [0.15, 0.2) is 23.1 Å². The van der Waals surface area contributed by atoms with E-state index in [4.69, 9.17) is 0 Å². The molecule has 174 valence electrons. The van der Waals surface area contributed by atoms with Crippen molar-refractivity contribution in [1.29, 1.82) is 0 Å². The highest BCUT2D eigenvalue weighted by molar-refractivity contribution is 9.12. The molecule has 1 aliphatic heterocycles. The predicted molar refractivity (Wildman–Crippen MR) is 117 cm³/mol. The molecule has 1 heterocycles. The molecular formula is C24H17BrFNO7. The number of Topliss-reactive ketones (excluding diaryl/α,β-unsaturated/α-hetero) is 1. The molecule has 3 aliphatic carbocycles. The Balaban J connectivity index is 1.68. The lowest BCUT2D eigenvalue weighted by Gasteiger charge is -2.42. The van der Waals surface area contributed by atoms with E-state index in [1.165, 1.54) is 12.1 Å². The molecule has 3 amide bonds. The highest BCUT2D eigenvalue weighted by atomic mass is 79.9. The van der Waals surface area contributed by atoms with E-state index in [1.54, 1.807) is 6.08 Å². The Kier molecular flexibility index (Phi) is 5.16. The number of fused-ring (bicyclic) bond motifs is 3. The van der Waals surface area contributed by atoms with Crippen molar-refractivity contribution in [1.82, 2.24) is 4.90 Å². The number of carbonyl (C=O) groups is 5. The third-order valence-corrected chi connectivity index (χ3v) is 7.58. The van der Waals surface area contributed by atoms with Gasteiger partial charge in [0, 0.05) is 23.1 Å². The zero-order valence-electron chi connectivity index (χ0n) is 17.7. The number of methoxy groups -OCH3 is 1. The van der Waals surface area contributed by atoms with E-state index in [2.05, 4.69) is 20.7 Å². The first kappa shape index (κ1) is 22.4. The standard InChI is InChI=1S/C24H17BrFNO7/c1-34-24(33)27-22(31)11-4-3-10-12(19(11)23(27)32)7-13-20(17(29)8-14(25)21(13)30)18(10)9-2-5-16(28)15(26)6-9/h2-3,5-6,8,11-12,18-19,28H,4,7H2,1H3. The molecule has 0 saturated carbocycles. The second kappa shape index (κ2) is 7.83. The molecule has 0 bridgehead atoms. The first-order valence-corrected chi connectivity index (χ1v) is 11.3. The van der Waals surface area contributed by atoms with Crippen molar-refractivity contribution >= 4 is 45.4 Å². The van der Waals surface area contributed by atoms with Crippen molar-refractivity contribution in [3.05, 3.63) is 62.9 Å². The van der Waals surface area contributed by atoms with Crippen LogP contribution < -0.4 is 0 Å². The van der Waals surface area contributed by atoms with E-state index in [-0.39, 0.29) is 28.5 Å². The maximum atomic E-state index is 14.3. The van der Waals surface area contributed by atoms with E-state index in [9.17, 15) is 33.5 Å². The van der Waals surface area contributed by atoms with E-state index in [0.717, 1.165) is 19.2 Å². The van der Waals surface area contributed by atoms with Gasteiger partial charge in [-0.15, -0.1) is 0 Å². The molecule has 1 aromatic rings. The molecule has 1 fully saturated rings. The van der Waals surface area contributed by atoms with Crippen molar-refractivity contribution in [2.24, 2.45) is 17.8 Å². The zero-order chi connectivity index (χ0) is 24.5. The Hall–Kier alpha value is -3.40. The summed E-state index contributed by atoms with van der Waals surface area (Å²) in [5.41, 5.74) is 1.29. The molecule has 34 heavy (non-hydrogen) atoms. The van der Waals surface area contributed by atoms with E-state index in [0.29, 0.717) is 16.0 Å². The lowest BCUT2D eigenvalue weighted by molar-refractivity contribution is -0.137. The maximum Gasteiger partial charge on any atom is 0.423 e. The molecule has 0 spiro atoms. The van der Waals surface area contributed by atoms with Crippen LogP contribution in [0.4, 0.5) is 9.18 Å². The highest BCUT2D eigenvalue weighted by Crippen LogP contribution is 2.55. The summed E-state index contributed by atoms with van der Waals surface area (Å²) in [7, 11) is 1.07. The molecule has 0 radical (unpaired) electrons. The summed E-state index contributed by atoms with van der Waals surface area (Å²) in [5, 5.41) is 9.66. The number of phenols is 1. The van der Waals surface area contributed by atoms with Crippen LogP contribution in [0.5, 0.6) is 5.75 Å². The molecule has 10 heteroatoms. The Morgan fingerprint density at radius 3 is 2.59 bits per heavy atom. The third-order valence-electron chi connectivity index (χ3n) is 6.99. The van der Waals surface area contributed by atoms with Gasteiger partial charge in [0.2, 0.25) is 11.8 Å². The molecule has 4 aliphatic rings. The van der Waals surface area contributed by atoms with E-state index < -0.39 is 64.7 Å². The van der Waals surface area contributed by atoms with Crippen molar-refractivity contribution in [3.8, 4) is 5.75 Å². The van der Waals surface area contributed by atoms with Crippen molar-refractivity contribution < 1.29 is 38.2 Å². The topological polar surface area (TPSA) is 118 Å². The van der Waals surface area contributed by atoms with Crippen molar-refractivity contribution in [3.63, 3.8) is 0 Å². The van der Waals surface area contributed by atoms with Gasteiger partial charge in [-0.2, -0.15) is 4.90 Å². The van der Waals surface area contributed by atoms with Crippen LogP contribution in [0.3, 0.4) is 0 Å². The number of carbonyl (C=O) groups excluding carboxylic acids is 5. The van der Waals surface area contributed by atoms with Gasteiger partial charge in [0.05, 0.1) is 23.4 Å². The summed E-state index contributed by atoms with van der Waals surface area (Å²) in [4.78, 5) is 64.8. The number of aromatic hydroxyl groups is 1. The van der Waals surface area contributed by atoms with E-state index >= 15 is 0 Å². The van der Waals surface area contributed by atoms with Gasteiger partial charge in [-0.1, -0.05) is 17.7 Å². The first-order chi connectivity index (χ1) is 16.1. The SMILES string of the molecule is COC(=O)N1C(=O)C2CC=C3C(c4ccc(O)c(F)c4)C4=C(CC3C2C1=O)C(=O)C(Br)=CC4=O. The smallest absolute Gasteiger partial charge is 0.423 e. The lowest BCUT2D eigenvalue weighted by Crippen LogP contribution is -2.40. The summed E-state index contributed by atoms with van der Waals surface area (Å²) in [6.45, 7) is 0. The predicted octanol–water partition coefficient (Wildman–Crippen LogP) is 3.06. The maximum absolute atomic E-state index is 14.3. The average molecular weight is 530 g/mol. The van der Waals surface area contributed by atoms with Crippen LogP contribution in [-0.2, 0) is 23.9 Å². The molecule has 5 rings (SSSR count). The molecule has 4 atom stereocenters. The van der Waals surface area contributed by atoms with Crippen LogP contribution in [0, 0.1) is 23.6 Å². The Bertz CT molecular complexity index is 1310. The average Bonchev–Trinajstić information content (AvgIpc) is 3.07. The lowest BCUT2D eigenvalue weighted by atomic mass is 9.59. The summed E-state index contributed by atoms with van der Waals surface area (Å²) < 4.78 is 19.0. The van der Waals surface area contributed by atoms with E-state index in [1.807, 2.05) is 0 Å². The summed E-state index contributed by atoms with van der Waals surface area (Å²) in [6, 6.07) is 3.70. The van der Waals surface area contributed by atoms with Crippen LogP contribution in [0.15, 0.2) is 51.6 Å². The first-order valence-electron chi connectivity index (χ1n) is 10.5. The van der Waals surface area contributed by atoms with Gasteiger partial charge in [0.1, 0.15) is 0 Å². The van der Waals surface area contributed by atoms with Crippen molar-refractivity contribution in [2.45, 2.75) is 18.8 Å². The van der Waals surface area contributed by atoms with Crippen molar-refractivity contribution in [2.75, 3.05) is 7.11 Å². The molecule has 1 saturated heterocycles. The number of hydrogen-bond acceptors (Lipinski definition) is 7. The molecule has 8 nitrogen and oxygen atoms in total. The summed E-state index contributed by atoms with van der Waals surface area (Å²) >= 11 is 3.12. The molecule has 1 aromatic carbocycles. The number of allylic oxidation sites excluding steroid dienone is 6. The number of ketones is 2. The highest BCUT2D eigenvalue weighted by Gasteiger charge is 2.58. The molecular weight excluding hydrogens is 513 g/mol. The van der Waals surface area contributed by atoms with Gasteiger partial charge in [-0.05, 0) is 52.4 Å². The zero-order valence-corrected chi connectivity index (χ0v) is 19.3. The van der Waals surface area contributed by atoms with Gasteiger partial charge in [0.25, 0.3) is 0 Å². The van der Waals surface area contributed by atoms with Crippen LogP contribution in [0.2, 0.25) is 0 Å². The summed E-state index contributed by atoms with van der Waals surface area (Å²) in [6.07, 6.45) is 1.98.